The van der Waals surface area contributed by atoms with Crippen LogP contribution in [0.5, 0.6) is 17.2 Å². The molecule has 2 aromatic rings. The lowest BCUT2D eigenvalue weighted by Crippen LogP contribution is -2.15. The van der Waals surface area contributed by atoms with Gasteiger partial charge in [0.25, 0.3) is 0 Å². The van der Waals surface area contributed by atoms with Gasteiger partial charge in [-0.05, 0) is 46.6 Å². The Balaban J connectivity index is 2.25. The quantitative estimate of drug-likeness (QED) is 0.773. The van der Waals surface area contributed by atoms with Crippen molar-refractivity contribution in [2.24, 2.45) is 0 Å². The molecule has 1 aliphatic heterocycles. The number of nitriles is 1. The van der Waals surface area contributed by atoms with Crippen LogP contribution in [0, 0.1) is 11.3 Å². The standard InChI is InChI=1S/C19H17BrN2O3/c1-10-14(9-21)18(13-5-4-12(22)8-16(13)25-10)11-6-15(20)19(24-3)17(7-11)23-2/h4-8,18H,22H2,1-3H3/t18-/m1/s1. The zero-order chi connectivity index (χ0) is 18.1. The summed E-state index contributed by atoms with van der Waals surface area (Å²) in [7, 11) is 3.17. The number of nitrogens with zero attached hydrogens (tertiary/aromatic N) is 1. The van der Waals surface area contributed by atoms with Crippen molar-refractivity contribution in [2.45, 2.75) is 12.8 Å². The lowest BCUT2D eigenvalue weighted by molar-refractivity contribution is 0.352. The first-order chi connectivity index (χ1) is 12.0. The predicted octanol–water partition coefficient (Wildman–Crippen LogP) is 4.37. The van der Waals surface area contributed by atoms with Crippen molar-refractivity contribution < 1.29 is 14.2 Å². The minimum atomic E-state index is -0.273. The van der Waals surface area contributed by atoms with Crippen LogP contribution < -0.4 is 19.9 Å². The Morgan fingerprint density at radius 2 is 1.96 bits per heavy atom. The van der Waals surface area contributed by atoms with Gasteiger partial charge in [-0.3, -0.25) is 0 Å². The topological polar surface area (TPSA) is 77.5 Å². The zero-order valence-electron chi connectivity index (χ0n) is 14.1. The van der Waals surface area contributed by atoms with Crippen molar-refractivity contribution in [3.05, 3.63) is 57.3 Å². The van der Waals surface area contributed by atoms with Gasteiger partial charge in [0.1, 0.15) is 11.5 Å². The predicted molar refractivity (Wildman–Crippen MR) is 98.9 cm³/mol. The molecule has 0 spiro atoms. The van der Waals surface area contributed by atoms with E-state index in [1.54, 1.807) is 33.3 Å². The fourth-order valence-corrected chi connectivity index (χ4v) is 3.67. The number of allylic oxidation sites excluding steroid dienone is 2. The van der Waals surface area contributed by atoms with E-state index in [4.69, 9.17) is 19.9 Å². The summed E-state index contributed by atoms with van der Waals surface area (Å²) in [4.78, 5) is 0. The van der Waals surface area contributed by atoms with E-state index >= 15 is 0 Å². The molecule has 0 radical (unpaired) electrons. The smallest absolute Gasteiger partial charge is 0.174 e. The third-order valence-corrected chi connectivity index (χ3v) is 4.78. The Bertz CT molecular complexity index is 916. The summed E-state index contributed by atoms with van der Waals surface area (Å²) in [5.41, 5.74) is 8.83. The van der Waals surface area contributed by atoms with Crippen LogP contribution in [0.4, 0.5) is 5.69 Å². The number of nitrogens with two attached hydrogens (primary N) is 1. The molecule has 0 saturated carbocycles. The van der Waals surface area contributed by atoms with Gasteiger partial charge in [-0.1, -0.05) is 6.07 Å². The van der Waals surface area contributed by atoms with Gasteiger partial charge in [0.2, 0.25) is 0 Å². The monoisotopic (exact) mass is 400 g/mol. The number of benzene rings is 2. The number of methoxy groups -OCH3 is 2. The van der Waals surface area contributed by atoms with Crippen molar-refractivity contribution in [3.8, 4) is 23.3 Å². The molecule has 0 amide bonds. The normalized spacial score (nSPS) is 15.9. The number of anilines is 1. The molecule has 0 aromatic heterocycles. The average molecular weight is 401 g/mol. The summed E-state index contributed by atoms with van der Waals surface area (Å²) in [6, 6.07) is 11.6. The van der Waals surface area contributed by atoms with E-state index in [2.05, 4.69) is 22.0 Å². The van der Waals surface area contributed by atoms with Crippen molar-refractivity contribution in [2.75, 3.05) is 20.0 Å². The van der Waals surface area contributed by atoms with E-state index < -0.39 is 0 Å². The van der Waals surface area contributed by atoms with Crippen LogP contribution in [0.15, 0.2) is 46.1 Å². The zero-order valence-corrected chi connectivity index (χ0v) is 15.7. The largest absolute Gasteiger partial charge is 0.493 e. The van der Waals surface area contributed by atoms with Crippen LogP contribution in [-0.4, -0.2) is 14.2 Å². The SMILES string of the molecule is COc1cc([C@H]2C(C#N)=C(C)Oc3cc(N)ccc32)cc(Br)c1OC. The molecule has 6 heteroatoms. The molecule has 0 unspecified atom stereocenters. The molecular formula is C19H17BrN2O3. The van der Waals surface area contributed by atoms with Gasteiger partial charge in [-0.25, -0.2) is 0 Å². The number of hydrogen-bond donors (Lipinski definition) is 1. The Hall–Kier alpha value is -2.65. The number of halogens is 1. The maximum atomic E-state index is 9.69. The fraction of sp³-hybridized carbons (Fsp3) is 0.211. The molecule has 5 nitrogen and oxygen atoms in total. The highest BCUT2D eigenvalue weighted by Gasteiger charge is 2.31. The first kappa shape index (κ1) is 17.2. The van der Waals surface area contributed by atoms with Gasteiger partial charge in [0.05, 0.1) is 36.3 Å². The van der Waals surface area contributed by atoms with Crippen LogP contribution in [0.3, 0.4) is 0 Å². The summed E-state index contributed by atoms with van der Waals surface area (Å²) in [6.45, 7) is 1.79. The highest BCUT2D eigenvalue weighted by atomic mass is 79.9. The van der Waals surface area contributed by atoms with Crippen molar-refractivity contribution in [1.29, 1.82) is 5.26 Å². The van der Waals surface area contributed by atoms with Gasteiger partial charge < -0.3 is 19.9 Å². The van der Waals surface area contributed by atoms with Crippen LogP contribution in [0.1, 0.15) is 24.0 Å². The fourth-order valence-electron chi connectivity index (χ4n) is 3.05. The van der Waals surface area contributed by atoms with E-state index in [-0.39, 0.29) is 5.92 Å². The van der Waals surface area contributed by atoms with E-state index in [1.807, 2.05) is 18.2 Å². The van der Waals surface area contributed by atoms with Crippen LogP contribution in [0.2, 0.25) is 0 Å². The Kier molecular flexibility index (Phi) is 4.60. The number of fused-ring (bicyclic) bond motifs is 1. The molecule has 0 aliphatic carbocycles. The van der Waals surface area contributed by atoms with Gasteiger partial charge in [0.15, 0.2) is 11.5 Å². The average Bonchev–Trinajstić information content (AvgIpc) is 2.59. The highest BCUT2D eigenvalue weighted by molar-refractivity contribution is 9.10. The van der Waals surface area contributed by atoms with Crippen LogP contribution in [0.25, 0.3) is 0 Å². The number of nitrogen functional groups attached to an aromatic ring is 1. The molecule has 128 valence electrons. The van der Waals surface area contributed by atoms with Crippen molar-refractivity contribution >= 4 is 21.6 Å². The first-order valence-electron chi connectivity index (χ1n) is 7.59. The second-order valence-electron chi connectivity index (χ2n) is 5.65. The summed E-state index contributed by atoms with van der Waals surface area (Å²) in [5.74, 6) is 2.15. The van der Waals surface area contributed by atoms with E-state index in [0.717, 1.165) is 15.6 Å². The Morgan fingerprint density at radius 1 is 1.20 bits per heavy atom. The first-order valence-corrected chi connectivity index (χ1v) is 8.39. The van der Waals surface area contributed by atoms with E-state index in [1.165, 1.54) is 0 Å². The minimum absolute atomic E-state index is 0.273. The second-order valence-corrected chi connectivity index (χ2v) is 6.51. The molecule has 2 aromatic carbocycles. The second kappa shape index (κ2) is 6.69. The lowest BCUT2D eigenvalue weighted by Gasteiger charge is -2.28. The maximum Gasteiger partial charge on any atom is 0.174 e. The number of rotatable bonds is 3. The van der Waals surface area contributed by atoms with E-state index in [0.29, 0.717) is 34.3 Å². The summed E-state index contributed by atoms with van der Waals surface area (Å²) in [5, 5.41) is 9.69. The summed E-state index contributed by atoms with van der Waals surface area (Å²) < 4.78 is 17.4. The van der Waals surface area contributed by atoms with Gasteiger partial charge in [-0.2, -0.15) is 5.26 Å². The summed E-state index contributed by atoms with van der Waals surface area (Å²) in [6.07, 6.45) is 0. The third kappa shape index (κ3) is 2.92. The van der Waals surface area contributed by atoms with Crippen LogP contribution >= 0.6 is 15.9 Å². The van der Waals surface area contributed by atoms with Crippen molar-refractivity contribution in [1.82, 2.24) is 0 Å². The van der Waals surface area contributed by atoms with Crippen LogP contribution in [-0.2, 0) is 0 Å². The molecule has 1 aliphatic rings. The lowest BCUT2D eigenvalue weighted by atomic mass is 9.82. The van der Waals surface area contributed by atoms with E-state index in [9.17, 15) is 5.26 Å². The highest BCUT2D eigenvalue weighted by Crippen LogP contribution is 2.47. The molecule has 1 atom stereocenters. The molecular weight excluding hydrogens is 384 g/mol. The van der Waals surface area contributed by atoms with Crippen molar-refractivity contribution in [3.63, 3.8) is 0 Å². The van der Waals surface area contributed by atoms with Gasteiger partial charge >= 0.3 is 0 Å². The molecule has 1 heterocycles. The molecule has 25 heavy (non-hydrogen) atoms. The number of hydrogen-bond acceptors (Lipinski definition) is 5. The third-order valence-electron chi connectivity index (χ3n) is 4.19. The molecule has 0 saturated heterocycles. The molecule has 3 rings (SSSR count). The number of ether oxygens (including phenoxy) is 3. The van der Waals surface area contributed by atoms with Gasteiger partial charge in [0, 0.05) is 17.3 Å². The maximum absolute atomic E-state index is 9.69. The Labute approximate surface area is 154 Å². The molecule has 2 N–H and O–H groups in total. The summed E-state index contributed by atoms with van der Waals surface area (Å²) >= 11 is 3.52. The minimum Gasteiger partial charge on any atom is -0.493 e. The molecule has 0 fully saturated rings. The molecule has 0 bridgehead atoms. The Morgan fingerprint density at radius 3 is 2.60 bits per heavy atom. The van der Waals surface area contributed by atoms with Gasteiger partial charge in [-0.15, -0.1) is 0 Å².